The number of amides is 1. The van der Waals surface area contributed by atoms with E-state index in [0.717, 1.165) is 11.1 Å². The van der Waals surface area contributed by atoms with Crippen LogP contribution in [-0.2, 0) is 14.8 Å². The number of sulfonamides is 1. The van der Waals surface area contributed by atoms with Crippen LogP contribution in [0.2, 0.25) is 0 Å². The van der Waals surface area contributed by atoms with E-state index in [9.17, 15) is 13.2 Å². The molecule has 7 heteroatoms. The number of benzene rings is 1. The van der Waals surface area contributed by atoms with Crippen molar-refractivity contribution in [1.29, 1.82) is 0 Å². The third kappa shape index (κ3) is 3.45. The normalized spacial score (nSPS) is 20.1. The molecule has 0 spiro atoms. The number of aromatic nitrogens is 1. The van der Waals surface area contributed by atoms with E-state index in [-0.39, 0.29) is 16.7 Å². The van der Waals surface area contributed by atoms with Crippen LogP contribution in [-0.4, -0.2) is 19.3 Å². The highest BCUT2D eigenvalue weighted by Gasteiger charge is 2.45. The molecule has 1 aromatic carbocycles. The molecular weight excluding hydrogens is 380 g/mol. The fourth-order valence-corrected chi connectivity index (χ4v) is 4.17. The Labute approximate surface area is 143 Å². The Hall–Kier alpha value is -1.73. The first-order chi connectivity index (χ1) is 10.9. The molecule has 0 saturated heterocycles. The molecule has 23 heavy (non-hydrogen) atoms. The maximum absolute atomic E-state index is 12.3. The van der Waals surface area contributed by atoms with E-state index in [2.05, 4.69) is 25.6 Å². The predicted molar refractivity (Wildman–Crippen MR) is 89.3 cm³/mol. The number of carbonyl (C=O) groups is 1. The summed E-state index contributed by atoms with van der Waals surface area (Å²) in [7, 11) is -3.89. The smallest absolute Gasteiger partial charge is 0.265 e. The summed E-state index contributed by atoms with van der Waals surface area (Å²) in [4.78, 5) is 16.0. The van der Waals surface area contributed by atoms with Crippen molar-refractivity contribution < 1.29 is 13.2 Å². The van der Waals surface area contributed by atoms with E-state index in [1.807, 2.05) is 31.2 Å². The van der Waals surface area contributed by atoms with Crippen LogP contribution >= 0.6 is 15.9 Å². The second kappa shape index (κ2) is 6.05. The van der Waals surface area contributed by atoms with Gasteiger partial charge in [0.05, 0.1) is 0 Å². The molecule has 1 heterocycles. The van der Waals surface area contributed by atoms with Gasteiger partial charge in [0.1, 0.15) is 4.90 Å². The molecule has 1 N–H and O–H groups in total. The van der Waals surface area contributed by atoms with Crippen LogP contribution in [0.4, 0.5) is 0 Å². The molecule has 120 valence electrons. The minimum atomic E-state index is -3.89. The van der Waals surface area contributed by atoms with Gasteiger partial charge < -0.3 is 0 Å². The number of hydrogen-bond acceptors (Lipinski definition) is 4. The number of halogens is 1. The van der Waals surface area contributed by atoms with Crippen LogP contribution in [0, 0.1) is 12.8 Å². The lowest BCUT2D eigenvalue weighted by atomic mass is 10.0. The topological polar surface area (TPSA) is 76.1 Å². The van der Waals surface area contributed by atoms with Gasteiger partial charge in [-0.1, -0.05) is 24.3 Å². The highest BCUT2D eigenvalue weighted by molar-refractivity contribution is 9.10. The standard InChI is InChI=1S/C16H15BrN2O3S/c1-10-4-2-3-5-13(10)14-7-15(14)16(20)19-23(21,22)12-6-11(17)8-18-9-12/h2-6,8-9,14-15H,7H2,1H3,(H,19,20)/t14-,15+/m0/s1. The van der Waals surface area contributed by atoms with Gasteiger partial charge in [-0.3, -0.25) is 9.78 Å². The number of aryl methyl sites for hydroxylation is 1. The Kier molecular flexibility index (Phi) is 4.25. The van der Waals surface area contributed by atoms with Crippen LogP contribution in [0.5, 0.6) is 0 Å². The van der Waals surface area contributed by atoms with E-state index < -0.39 is 15.9 Å². The zero-order chi connectivity index (χ0) is 16.6. The van der Waals surface area contributed by atoms with Gasteiger partial charge in [0.15, 0.2) is 0 Å². The summed E-state index contributed by atoms with van der Waals surface area (Å²) >= 11 is 3.17. The van der Waals surface area contributed by atoms with Crippen molar-refractivity contribution in [2.45, 2.75) is 24.2 Å². The average Bonchev–Trinajstić information content (AvgIpc) is 3.28. The molecule has 1 aliphatic rings. The SMILES string of the molecule is Cc1ccccc1[C@@H]1C[C@H]1C(=O)NS(=O)(=O)c1cncc(Br)c1. The molecule has 1 aliphatic carbocycles. The van der Waals surface area contributed by atoms with Crippen LogP contribution in [0.3, 0.4) is 0 Å². The van der Waals surface area contributed by atoms with E-state index in [1.165, 1.54) is 18.5 Å². The molecule has 5 nitrogen and oxygen atoms in total. The molecule has 1 amide bonds. The monoisotopic (exact) mass is 394 g/mol. The third-order valence-corrected chi connectivity index (χ3v) is 5.69. The highest BCUT2D eigenvalue weighted by Crippen LogP contribution is 2.48. The lowest BCUT2D eigenvalue weighted by molar-refractivity contribution is -0.120. The largest absolute Gasteiger partial charge is 0.274 e. The predicted octanol–water partition coefficient (Wildman–Crippen LogP) is 2.76. The molecule has 0 unspecified atom stereocenters. The number of nitrogens with one attached hydrogen (secondary N) is 1. The van der Waals surface area contributed by atoms with Crippen LogP contribution in [0.15, 0.2) is 52.1 Å². The van der Waals surface area contributed by atoms with E-state index in [1.54, 1.807) is 0 Å². The molecule has 0 radical (unpaired) electrons. The number of hydrogen-bond donors (Lipinski definition) is 1. The van der Waals surface area contributed by atoms with Crippen LogP contribution in [0.25, 0.3) is 0 Å². The molecule has 1 fully saturated rings. The lowest BCUT2D eigenvalue weighted by Crippen LogP contribution is -2.32. The van der Waals surface area contributed by atoms with Gasteiger partial charge in [0.2, 0.25) is 5.91 Å². The van der Waals surface area contributed by atoms with E-state index >= 15 is 0 Å². The first kappa shape index (κ1) is 16.1. The van der Waals surface area contributed by atoms with Crippen molar-refractivity contribution in [3.05, 3.63) is 58.3 Å². The number of carbonyl (C=O) groups excluding carboxylic acids is 1. The molecule has 1 aromatic heterocycles. The van der Waals surface area contributed by atoms with Crippen molar-refractivity contribution in [3.8, 4) is 0 Å². The first-order valence-electron chi connectivity index (χ1n) is 7.11. The van der Waals surface area contributed by atoms with Crippen LogP contribution < -0.4 is 4.72 Å². The third-order valence-electron chi connectivity index (χ3n) is 3.94. The Morgan fingerprint density at radius 1 is 1.30 bits per heavy atom. The van der Waals surface area contributed by atoms with Crippen molar-refractivity contribution in [2.24, 2.45) is 5.92 Å². The molecule has 3 rings (SSSR count). The van der Waals surface area contributed by atoms with Gasteiger partial charge in [0, 0.05) is 22.8 Å². The van der Waals surface area contributed by atoms with Crippen molar-refractivity contribution in [1.82, 2.24) is 9.71 Å². The molecular formula is C16H15BrN2O3S. The van der Waals surface area contributed by atoms with Crippen molar-refractivity contribution in [2.75, 3.05) is 0 Å². The molecule has 0 bridgehead atoms. The van der Waals surface area contributed by atoms with Gasteiger partial charge in [-0.05, 0) is 52.4 Å². The Morgan fingerprint density at radius 3 is 2.74 bits per heavy atom. The first-order valence-corrected chi connectivity index (χ1v) is 9.39. The van der Waals surface area contributed by atoms with E-state index in [0.29, 0.717) is 10.9 Å². The molecule has 2 aromatic rings. The average molecular weight is 395 g/mol. The zero-order valence-corrected chi connectivity index (χ0v) is 14.8. The summed E-state index contributed by atoms with van der Waals surface area (Å²) in [5, 5.41) is 0. The summed E-state index contributed by atoms with van der Waals surface area (Å²) < 4.78 is 27.2. The molecule has 1 saturated carbocycles. The second-order valence-electron chi connectivity index (χ2n) is 5.61. The fourth-order valence-electron chi connectivity index (χ4n) is 2.64. The van der Waals surface area contributed by atoms with Gasteiger partial charge in [-0.25, -0.2) is 13.1 Å². The minimum Gasteiger partial charge on any atom is -0.274 e. The number of nitrogens with zero attached hydrogens (tertiary/aromatic N) is 1. The summed E-state index contributed by atoms with van der Waals surface area (Å²) in [6.45, 7) is 1.99. The fraction of sp³-hybridized carbons (Fsp3) is 0.250. The number of pyridine rings is 1. The summed E-state index contributed by atoms with van der Waals surface area (Å²) in [6.07, 6.45) is 3.37. The lowest BCUT2D eigenvalue weighted by Gasteiger charge is -2.08. The summed E-state index contributed by atoms with van der Waals surface area (Å²) in [5.74, 6) is -0.670. The summed E-state index contributed by atoms with van der Waals surface area (Å²) in [5.41, 5.74) is 2.22. The molecule has 2 atom stereocenters. The van der Waals surface area contributed by atoms with Crippen LogP contribution in [0.1, 0.15) is 23.5 Å². The quantitative estimate of drug-likeness (QED) is 0.864. The van der Waals surface area contributed by atoms with Crippen molar-refractivity contribution in [3.63, 3.8) is 0 Å². The second-order valence-corrected chi connectivity index (χ2v) is 8.21. The highest BCUT2D eigenvalue weighted by atomic mass is 79.9. The Bertz CT molecular complexity index is 867. The van der Waals surface area contributed by atoms with Gasteiger partial charge in [-0.15, -0.1) is 0 Å². The maximum Gasteiger partial charge on any atom is 0.265 e. The van der Waals surface area contributed by atoms with Gasteiger partial charge in [-0.2, -0.15) is 0 Å². The Morgan fingerprint density at radius 2 is 2.04 bits per heavy atom. The maximum atomic E-state index is 12.3. The van der Waals surface area contributed by atoms with E-state index in [4.69, 9.17) is 0 Å². The molecule has 0 aliphatic heterocycles. The van der Waals surface area contributed by atoms with Gasteiger partial charge in [0.25, 0.3) is 10.0 Å². The van der Waals surface area contributed by atoms with Crippen molar-refractivity contribution >= 4 is 31.9 Å². The minimum absolute atomic E-state index is 0.0340. The summed E-state index contributed by atoms with van der Waals surface area (Å²) in [6, 6.07) is 9.27. The Balaban J connectivity index is 1.72. The zero-order valence-electron chi connectivity index (χ0n) is 12.4. The van der Waals surface area contributed by atoms with Gasteiger partial charge >= 0.3 is 0 Å². The number of rotatable bonds is 4.